The first-order chi connectivity index (χ1) is 9.38. The Kier molecular flexibility index (Phi) is 3.88. The van der Waals surface area contributed by atoms with Crippen LogP contribution in [0.3, 0.4) is 0 Å². The van der Waals surface area contributed by atoms with Crippen LogP contribution in [0.4, 0.5) is 5.95 Å². The fourth-order valence-corrected chi connectivity index (χ4v) is 1.95. The molecule has 0 aliphatic heterocycles. The summed E-state index contributed by atoms with van der Waals surface area (Å²) < 4.78 is 1.20. The fraction of sp³-hybridized carbons (Fsp3) is 0.400. The molecule has 0 unspecified atom stereocenters. The SMILES string of the molecule is Cc1ccc(-c2nc(N)n(C(=O)CC(C)C)n2)cc1C. The van der Waals surface area contributed by atoms with Crippen molar-refractivity contribution in [1.29, 1.82) is 0 Å². The van der Waals surface area contributed by atoms with Gasteiger partial charge in [0.2, 0.25) is 11.9 Å². The lowest BCUT2D eigenvalue weighted by atomic mass is 10.1. The summed E-state index contributed by atoms with van der Waals surface area (Å²) in [4.78, 5) is 16.2. The van der Waals surface area contributed by atoms with Gasteiger partial charge in [0.05, 0.1) is 0 Å². The number of carbonyl (C=O) groups is 1. The summed E-state index contributed by atoms with van der Waals surface area (Å²) in [5, 5.41) is 4.23. The van der Waals surface area contributed by atoms with Crippen molar-refractivity contribution in [3.8, 4) is 11.4 Å². The average molecular weight is 272 g/mol. The van der Waals surface area contributed by atoms with Gasteiger partial charge in [0, 0.05) is 12.0 Å². The molecule has 5 heteroatoms. The number of nitrogens with zero attached hydrogens (tertiary/aromatic N) is 3. The lowest BCUT2D eigenvalue weighted by molar-refractivity contribution is 0.0873. The van der Waals surface area contributed by atoms with Gasteiger partial charge in [-0.15, -0.1) is 5.10 Å². The van der Waals surface area contributed by atoms with Crippen molar-refractivity contribution in [1.82, 2.24) is 14.8 Å². The Balaban J connectivity index is 2.35. The van der Waals surface area contributed by atoms with Crippen LogP contribution >= 0.6 is 0 Å². The third kappa shape index (κ3) is 2.87. The third-order valence-electron chi connectivity index (χ3n) is 3.22. The molecule has 0 saturated heterocycles. The number of hydrogen-bond donors (Lipinski definition) is 1. The Morgan fingerprint density at radius 1 is 1.30 bits per heavy atom. The molecule has 106 valence electrons. The first-order valence-corrected chi connectivity index (χ1v) is 6.72. The van der Waals surface area contributed by atoms with Gasteiger partial charge in [0.15, 0.2) is 5.82 Å². The van der Waals surface area contributed by atoms with Crippen LogP contribution in [0.1, 0.15) is 36.2 Å². The monoisotopic (exact) mass is 272 g/mol. The van der Waals surface area contributed by atoms with Gasteiger partial charge in [-0.1, -0.05) is 26.0 Å². The lowest BCUT2D eigenvalue weighted by Gasteiger charge is -2.03. The van der Waals surface area contributed by atoms with Crippen LogP contribution in [-0.4, -0.2) is 20.7 Å². The molecule has 0 amide bonds. The minimum Gasteiger partial charge on any atom is -0.368 e. The average Bonchev–Trinajstić information content (AvgIpc) is 2.74. The molecular weight excluding hydrogens is 252 g/mol. The highest BCUT2D eigenvalue weighted by atomic mass is 16.2. The topological polar surface area (TPSA) is 73.8 Å². The zero-order valence-corrected chi connectivity index (χ0v) is 12.3. The van der Waals surface area contributed by atoms with Crippen LogP contribution in [0.2, 0.25) is 0 Å². The molecule has 2 rings (SSSR count). The molecule has 0 radical (unpaired) electrons. The maximum Gasteiger partial charge on any atom is 0.250 e. The van der Waals surface area contributed by atoms with Crippen LogP contribution in [0.5, 0.6) is 0 Å². The van der Waals surface area contributed by atoms with E-state index in [1.54, 1.807) is 0 Å². The smallest absolute Gasteiger partial charge is 0.250 e. The fourth-order valence-electron chi connectivity index (χ4n) is 1.95. The Bertz CT molecular complexity index is 643. The standard InChI is InChI=1S/C15H20N4O/c1-9(2)7-13(20)19-15(16)17-14(18-19)12-6-5-10(3)11(4)8-12/h5-6,8-9H,7H2,1-4H3,(H2,16,17,18). The molecule has 1 heterocycles. The molecule has 0 aliphatic carbocycles. The molecule has 0 fully saturated rings. The molecular formula is C15H20N4O. The van der Waals surface area contributed by atoms with Gasteiger partial charge in [-0.3, -0.25) is 4.79 Å². The number of carbonyl (C=O) groups excluding carboxylic acids is 1. The minimum atomic E-state index is -0.125. The number of nitrogen functional groups attached to an aromatic ring is 1. The summed E-state index contributed by atoms with van der Waals surface area (Å²) >= 11 is 0. The van der Waals surface area contributed by atoms with E-state index in [4.69, 9.17) is 5.73 Å². The molecule has 0 bridgehead atoms. The highest BCUT2D eigenvalue weighted by Gasteiger charge is 2.16. The summed E-state index contributed by atoms with van der Waals surface area (Å²) in [6, 6.07) is 5.95. The predicted octanol–water partition coefficient (Wildman–Crippen LogP) is 2.83. The van der Waals surface area contributed by atoms with Crippen LogP contribution in [0.15, 0.2) is 18.2 Å². The van der Waals surface area contributed by atoms with Crippen molar-refractivity contribution in [3.63, 3.8) is 0 Å². The van der Waals surface area contributed by atoms with Crippen LogP contribution < -0.4 is 5.73 Å². The van der Waals surface area contributed by atoms with E-state index >= 15 is 0 Å². The number of anilines is 1. The van der Waals surface area contributed by atoms with Crippen LogP contribution in [0.25, 0.3) is 11.4 Å². The molecule has 0 aliphatic rings. The summed E-state index contributed by atoms with van der Waals surface area (Å²) in [5.74, 6) is 0.767. The zero-order valence-electron chi connectivity index (χ0n) is 12.3. The summed E-state index contributed by atoms with van der Waals surface area (Å²) in [5.41, 5.74) is 9.03. The van der Waals surface area contributed by atoms with Crippen LogP contribution in [0, 0.1) is 19.8 Å². The number of rotatable bonds is 3. The van der Waals surface area contributed by atoms with Gasteiger partial charge in [0.25, 0.3) is 0 Å². The highest BCUT2D eigenvalue weighted by molar-refractivity contribution is 5.81. The molecule has 0 atom stereocenters. The lowest BCUT2D eigenvalue weighted by Crippen LogP contribution is -2.17. The number of hydrogen-bond acceptors (Lipinski definition) is 4. The Hall–Kier alpha value is -2.17. The van der Waals surface area contributed by atoms with Gasteiger partial charge in [-0.2, -0.15) is 9.67 Å². The number of benzene rings is 1. The second kappa shape index (κ2) is 5.45. The molecule has 1 aromatic carbocycles. The van der Waals surface area contributed by atoms with Crippen LogP contribution in [-0.2, 0) is 0 Å². The second-order valence-electron chi connectivity index (χ2n) is 5.50. The Morgan fingerprint density at radius 3 is 2.60 bits per heavy atom. The van der Waals surface area contributed by atoms with E-state index in [-0.39, 0.29) is 17.8 Å². The molecule has 2 N–H and O–H groups in total. The maximum atomic E-state index is 12.0. The maximum absolute atomic E-state index is 12.0. The summed E-state index contributed by atoms with van der Waals surface area (Å²) in [6.07, 6.45) is 0.403. The largest absolute Gasteiger partial charge is 0.368 e. The van der Waals surface area contributed by atoms with E-state index in [1.807, 2.05) is 45.9 Å². The van der Waals surface area contributed by atoms with E-state index in [1.165, 1.54) is 10.2 Å². The predicted molar refractivity (Wildman–Crippen MR) is 79.4 cm³/mol. The van der Waals surface area contributed by atoms with E-state index in [0.29, 0.717) is 12.2 Å². The minimum absolute atomic E-state index is 0.125. The molecule has 2 aromatic rings. The zero-order chi connectivity index (χ0) is 14.9. The number of aromatic nitrogens is 3. The normalized spacial score (nSPS) is 11.1. The van der Waals surface area contributed by atoms with E-state index in [2.05, 4.69) is 10.1 Å². The third-order valence-corrected chi connectivity index (χ3v) is 3.22. The van der Waals surface area contributed by atoms with Gasteiger partial charge in [0.1, 0.15) is 0 Å². The first-order valence-electron chi connectivity index (χ1n) is 6.72. The van der Waals surface area contributed by atoms with Gasteiger partial charge < -0.3 is 5.73 Å². The number of aryl methyl sites for hydroxylation is 2. The van der Waals surface area contributed by atoms with Crippen molar-refractivity contribution < 1.29 is 4.79 Å². The van der Waals surface area contributed by atoms with Crippen molar-refractivity contribution in [2.45, 2.75) is 34.1 Å². The molecule has 0 spiro atoms. The quantitative estimate of drug-likeness (QED) is 0.932. The molecule has 5 nitrogen and oxygen atoms in total. The summed E-state index contributed by atoms with van der Waals surface area (Å²) in [7, 11) is 0. The Morgan fingerprint density at radius 2 is 2.00 bits per heavy atom. The molecule has 20 heavy (non-hydrogen) atoms. The highest BCUT2D eigenvalue weighted by Crippen LogP contribution is 2.20. The second-order valence-corrected chi connectivity index (χ2v) is 5.50. The molecule has 1 aromatic heterocycles. The van der Waals surface area contributed by atoms with Crippen molar-refractivity contribution in [2.75, 3.05) is 5.73 Å². The van der Waals surface area contributed by atoms with E-state index in [9.17, 15) is 4.79 Å². The van der Waals surface area contributed by atoms with Crippen molar-refractivity contribution in [2.24, 2.45) is 5.92 Å². The summed E-state index contributed by atoms with van der Waals surface area (Å²) in [6.45, 7) is 8.04. The van der Waals surface area contributed by atoms with Crippen molar-refractivity contribution >= 4 is 11.9 Å². The van der Waals surface area contributed by atoms with Gasteiger partial charge >= 0.3 is 0 Å². The molecule has 0 saturated carbocycles. The van der Waals surface area contributed by atoms with E-state index < -0.39 is 0 Å². The van der Waals surface area contributed by atoms with Gasteiger partial charge in [-0.05, 0) is 37.0 Å². The van der Waals surface area contributed by atoms with Gasteiger partial charge in [-0.25, -0.2) is 0 Å². The van der Waals surface area contributed by atoms with Crippen molar-refractivity contribution in [3.05, 3.63) is 29.3 Å². The van der Waals surface area contributed by atoms with E-state index in [0.717, 1.165) is 11.1 Å². The first kappa shape index (κ1) is 14.2. The number of nitrogens with two attached hydrogens (primary N) is 1. The Labute approximate surface area is 118 Å².